The first-order chi connectivity index (χ1) is 9.04. The van der Waals surface area contributed by atoms with Gasteiger partial charge in [0, 0.05) is 5.56 Å². The Morgan fingerprint density at radius 3 is 2.63 bits per heavy atom. The third-order valence-corrected chi connectivity index (χ3v) is 3.46. The lowest BCUT2D eigenvalue weighted by Crippen LogP contribution is -2.22. The number of aliphatic hydroxyl groups is 1. The highest BCUT2D eigenvalue weighted by Crippen LogP contribution is 2.18. The van der Waals surface area contributed by atoms with Crippen LogP contribution in [0.1, 0.15) is 44.7 Å². The Balaban J connectivity index is 2.88. The van der Waals surface area contributed by atoms with Gasteiger partial charge in [-0.15, -0.1) is 6.42 Å². The van der Waals surface area contributed by atoms with E-state index >= 15 is 0 Å². The highest BCUT2D eigenvalue weighted by atomic mass is 16.3. The maximum atomic E-state index is 10.2. The molecular formula is C18H22O. The topological polar surface area (TPSA) is 20.2 Å². The second-order valence-electron chi connectivity index (χ2n) is 4.74. The van der Waals surface area contributed by atoms with Gasteiger partial charge in [-0.1, -0.05) is 50.1 Å². The molecule has 1 nitrogen and oxygen atoms in total. The molecule has 0 aromatic heterocycles. The normalized spacial score (nSPS) is 12.7. The summed E-state index contributed by atoms with van der Waals surface area (Å²) in [5.74, 6) is 2.64. The van der Waals surface area contributed by atoms with E-state index in [4.69, 9.17) is 6.42 Å². The molecule has 0 spiro atoms. The van der Waals surface area contributed by atoms with Gasteiger partial charge in [-0.25, -0.2) is 0 Å². The van der Waals surface area contributed by atoms with Crippen LogP contribution in [-0.4, -0.2) is 10.7 Å². The van der Waals surface area contributed by atoms with E-state index in [1.165, 1.54) is 0 Å². The van der Waals surface area contributed by atoms with Crippen LogP contribution in [0, 0.1) is 12.3 Å². The Bertz CT molecular complexity index is 511. The molecule has 0 saturated heterocycles. The molecule has 100 valence electrons. The molecule has 1 rings (SSSR count). The van der Waals surface area contributed by atoms with Gasteiger partial charge in [0.05, 0.1) is 5.60 Å². The van der Waals surface area contributed by atoms with Gasteiger partial charge in [-0.05, 0) is 43.0 Å². The van der Waals surface area contributed by atoms with Gasteiger partial charge in [0.15, 0.2) is 0 Å². The maximum Gasteiger partial charge on any atom is 0.0825 e. The van der Waals surface area contributed by atoms with Crippen molar-refractivity contribution in [2.24, 2.45) is 0 Å². The zero-order chi connectivity index (χ0) is 14.3. The number of terminal acetylenes is 1. The van der Waals surface area contributed by atoms with Crippen molar-refractivity contribution in [3.63, 3.8) is 0 Å². The predicted octanol–water partition coefficient (Wildman–Crippen LogP) is 4.18. The van der Waals surface area contributed by atoms with Crippen molar-refractivity contribution in [2.75, 3.05) is 0 Å². The van der Waals surface area contributed by atoms with Crippen molar-refractivity contribution in [3.8, 4) is 12.3 Å². The van der Waals surface area contributed by atoms with E-state index in [1.807, 2.05) is 63.3 Å². The lowest BCUT2D eigenvalue weighted by Gasteiger charge is -2.19. The zero-order valence-electron chi connectivity index (χ0n) is 12.0. The first-order valence-electron chi connectivity index (χ1n) is 6.70. The number of benzene rings is 1. The fourth-order valence-corrected chi connectivity index (χ4v) is 1.81. The summed E-state index contributed by atoms with van der Waals surface area (Å²) in [5.41, 5.74) is 2.42. The van der Waals surface area contributed by atoms with Gasteiger partial charge >= 0.3 is 0 Å². The Hall–Kier alpha value is -1.78. The summed E-state index contributed by atoms with van der Waals surface area (Å²) >= 11 is 0. The minimum Gasteiger partial charge on any atom is -0.386 e. The van der Waals surface area contributed by atoms with Crippen molar-refractivity contribution >= 4 is 5.57 Å². The number of hydrogen-bond donors (Lipinski definition) is 1. The van der Waals surface area contributed by atoms with E-state index in [9.17, 15) is 5.11 Å². The Labute approximate surface area is 116 Å². The average Bonchev–Trinajstić information content (AvgIpc) is 2.46. The van der Waals surface area contributed by atoms with Crippen molar-refractivity contribution in [1.82, 2.24) is 0 Å². The molecule has 0 aliphatic heterocycles. The van der Waals surface area contributed by atoms with Gasteiger partial charge in [-0.3, -0.25) is 0 Å². The van der Waals surface area contributed by atoms with Crippen LogP contribution in [0.5, 0.6) is 0 Å². The van der Waals surface area contributed by atoms with Crippen molar-refractivity contribution in [1.29, 1.82) is 0 Å². The second-order valence-corrected chi connectivity index (χ2v) is 4.74. The average molecular weight is 254 g/mol. The molecule has 0 aliphatic rings. The van der Waals surface area contributed by atoms with E-state index in [2.05, 4.69) is 5.92 Å². The fraction of sp³-hybridized carbons (Fsp3) is 0.333. The van der Waals surface area contributed by atoms with Crippen LogP contribution in [-0.2, 0) is 0 Å². The second kappa shape index (κ2) is 6.97. The molecule has 1 aromatic rings. The van der Waals surface area contributed by atoms with E-state index < -0.39 is 5.60 Å². The lowest BCUT2D eigenvalue weighted by atomic mass is 9.96. The standard InChI is InChI=1S/C18H22O/c1-5-16-11-8-12-17(14-16)15(4)10-9-13-18(19,6-2)7-3/h1,8-14,19H,6-7H2,2-4H3. The first-order valence-corrected chi connectivity index (χ1v) is 6.70. The monoisotopic (exact) mass is 254 g/mol. The number of allylic oxidation sites excluding steroid dienone is 3. The molecular weight excluding hydrogens is 232 g/mol. The maximum absolute atomic E-state index is 10.2. The molecule has 0 amide bonds. The molecule has 1 aromatic carbocycles. The first kappa shape index (κ1) is 15.3. The molecule has 0 radical (unpaired) electrons. The highest BCUT2D eigenvalue weighted by molar-refractivity contribution is 5.66. The molecule has 0 saturated carbocycles. The van der Waals surface area contributed by atoms with E-state index in [-0.39, 0.29) is 0 Å². The van der Waals surface area contributed by atoms with Crippen molar-refractivity contribution in [2.45, 2.75) is 39.2 Å². The highest BCUT2D eigenvalue weighted by Gasteiger charge is 2.16. The molecule has 0 heterocycles. The summed E-state index contributed by atoms with van der Waals surface area (Å²) in [6.45, 7) is 6.01. The summed E-state index contributed by atoms with van der Waals surface area (Å²) in [7, 11) is 0. The molecule has 19 heavy (non-hydrogen) atoms. The number of rotatable bonds is 5. The largest absolute Gasteiger partial charge is 0.386 e. The lowest BCUT2D eigenvalue weighted by molar-refractivity contribution is 0.0828. The molecule has 0 bridgehead atoms. The Morgan fingerprint density at radius 1 is 1.37 bits per heavy atom. The molecule has 0 fully saturated rings. The third-order valence-electron chi connectivity index (χ3n) is 3.46. The fourth-order valence-electron chi connectivity index (χ4n) is 1.81. The van der Waals surface area contributed by atoms with Gasteiger partial charge in [0.25, 0.3) is 0 Å². The van der Waals surface area contributed by atoms with Gasteiger partial charge in [-0.2, -0.15) is 0 Å². The van der Waals surface area contributed by atoms with Crippen LogP contribution in [0.25, 0.3) is 5.57 Å². The minimum absolute atomic E-state index is 0.697. The zero-order valence-corrected chi connectivity index (χ0v) is 12.0. The Morgan fingerprint density at radius 2 is 2.05 bits per heavy atom. The summed E-state index contributed by atoms with van der Waals surface area (Å²) in [6.07, 6.45) is 12.6. The van der Waals surface area contributed by atoms with E-state index in [0.29, 0.717) is 0 Å². The summed E-state index contributed by atoms with van der Waals surface area (Å²) in [4.78, 5) is 0. The smallest absolute Gasteiger partial charge is 0.0825 e. The summed E-state index contributed by atoms with van der Waals surface area (Å²) in [5, 5.41) is 10.2. The van der Waals surface area contributed by atoms with Crippen LogP contribution in [0.3, 0.4) is 0 Å². The van der Waals surface area contributed by atoms with Crippen LogP contribution < -0.4 is 0 Å². The third kappa shape index (κ3) is 4.43. The summed E-state index contributed by atoms with van der Waals surface area (Å²) < 4.78 is 0. The minimum atomic E-state index is -0.697. The van der Waals surface area contributed by atoms with Crippen molar-refractivity contribution in [3.05, 3.63) is 53.6 Å². The van der Waals surface area contributed by atoms with E-state index in [1.54, 1.807) is 0 Å². The SMILES string of the molecule is C#Cc1cccc(C(C)=CC=CC(O)(CC)CC)c1. The van der Waals surface area contributed by atoms with E-state index in [0.717, 1.165) is 29.5 Å². The number of hydrogen-bond acceptors (Lipinski definition) is 1. The molecule has 0 aliphatic carbocycles. The molecule has 1 N–H and O–H groups in total. The van der Waals surface area contributed by atoms with Gasteiger partial charge in [0.2, 0.25) is 0 Å². The predicted molar refractivity (Wildman–Crippen MR) is 82.7 cm³/mol. The van der Waals surface area contributed by atoms with Crippen LogP contribution in [0.4, 0.5) is 0 Å². The Kier molecular flexibility index (Phi) is 5.60. The molecule has 1 heteroatoms. The van der Waals surface area contributed by atoms with Crippen molar-refractivity contribution < 1.29 is 5.11 Å². The molecule has 0 unspecified atom stereocenters. The van der Waals surface area contributed by atoms with Crippen LogP contribution >= 0.6 is 0 Å². The molecule has 0 atom stereocenters. The van der Waals surface area contributed by atoms with Crippen LogP contribution in [0.2, 0.25) is 0 Å². The van der Waals surface area contributed by atoms with Gasteiger partial charge < -0.3 is 5.11 Å². The van der Waals surface area contributed by atoms with Gasteiger partial charge in [0.1, 0.15) is 0 Å². The van der Waals surface area contributed by atoms with Crippen LogP contribution in [0.15, 0.2) is 42.5 Å². The quantitative estimate of drug-likeness (QED) is 0.617. The summed E-state index contributed by atoms with van der Waals surface area (Å²) in [6, 6.07) is 7.90.